The van der Waals surface area contributed by atoms with E-state index in [-0.39, 0.29) is 36.3 Å². The van der Waals surface area contributed by atoms with Crippen molar-refractivity contribution < 1.29 is 14.1 Å². The van der Waals surface area contributed by atoms with Crippen molar-refractivity contribution in [2.24, 2.45) is 0 Å². The highest BCUT2D eigenvalue weighted by Crippen LogP contribution is 2.21. The van der Waals surface area contributed by atoms with Gasteiger partial charge in [0.25, 0.3) is 0 Å². The Hall–Kier alpha value is -3.63. The molecular weight excluding hydrogens is 369 g/mol. The number of benzene rings is 1. The molecule has 1 aromatic carbocycles. The molecule has 10 nitrogen and oxygen atoms in total. The monoisotopic (exact) mass is 387 g/mol. The summed E-state index contributed by atoms with van der Waals surface area (Å²) in [5, 5.41) is 21.8. The Bertz CT molecular complexity index is 1010. The van der Waals surface area contributed by atoms with Crippen LogP contribution in [0.15, 0.2) is 30.6 Å². The fourth-order valence-corrected chi connectivity index (χ4v) is 2.77. The fraction of sp³-hybridized carbons (Fsp3) is 0.294. The average Bonchev–Trinajstić information content (AvgIpc) is 3.18. The topological polar surface area (TPSA) is 121 Å². The number of hydrogen-bond acceptors (Lipinski definition) is 6. The van der Waals surface area contributed by atoms with Gasteiger partial charge in [0.2, 0.25) is 11.9 Å². The predicted octanol–water partition coefficient (Wildman–Crippen LogP) is 2.22. The zero-order valence-electron chi connectivity index (χ0n) is 15.3. The van der Waals surface area contributed by atoms with Crippen molar-refractivity contribution in [1.29, 1.82) is 0 Å². The van der Waals surface area contributed by atoms with Crippen LogP contribution >= 0.6 is 0 Å². The minimum atomic E-state index is -0.480. The highest BCUT2D eigenvalue weighted by Gasteiger charge is 2.21. The normalized spacial score (nSPS) is 10.8. The standard InChI is InChI=1S/C17H18FN7O3/c1-11-16(25(27)28)12(2)24(21-11)8-7-15(26)20-17-19-10-23(22-17)9-13-3-5-14(18)6-4-13/h3-6,10H,7-9H2,1-2H3,(H,20,22,26). The molecule has 2 heterocycles. The largest absolute Gasteiger partial charge is 0.312 e. The molecule has 0 aliphatic rings. The summed E-state index contributed by atoms with van der Waals surface area (Å²) in [4.78, 5) is 26.7. The number of halogens is 1. The van der Waals surface area contributed by atoms with Gasteiger partial charge in [-0.2, -0.15) is 5.10 Å². The molecule has 2 aromatic heterocycles. The van der Waals surface area contributed by atoms with Crippen LogP contribution in [0.2, 0.25) is 0 Å². The maximum absolute atomic E-state index is 12.9. The predicted molar refractivity (Wildman–Crippen MR) is 97.1 cm³/mol. The van der Waals surface area contributed by atoms with Crippen LogP contribution in [0.4, 0.5) is 16.0 Å². The molecule has 0 aliphatic carbocycles. The van der Waals surface area contributed by atoms with Crippen LogP contribution in [-0.4, -0.2) is 35.4 Å². The molecule has 0 spiro atoms. The zero-order chi connectivity index (χ0) is 20.3. The maximum atomic E-state index is 12.9. The Morgan fingerprint density at radius 2 is 1.96 bits per heavy atom. The fourth-order valence-electron chi connectivity index (χ4n) is 2.77. The van der Waals surface area contributed by atoms with E-state index in [1.807, 2.05) is 0 Å². The number of amides is 1. The lowest BCUT2D eigenvalue weighted by molar-refractivity contribution is -0.386. The third-order valence-electron chi connectivity index (χ3n) is 4.12. The first-order valence-corrected chi connectivity index (χ1v) is 8.45. The smallest absolute Gasteiger partial charge is 0.293 e. The summed E-state index contributed by atoms with van der Waals surface area (Å²) >= 11 is 0. The van der Waals surface area contributed by atoms with Crippen LogP contribution < -0.4 is 5.32 Å². The van der Waals surface area contributed by atoms with Gasteiger partial charge in [-0.05, 0) is 31.5 Å². The van der Waals surface area contributed by atoms with Gasteiger partial charge in [-0.1, -0.05) is 12.1 Å². The molecule has 1 N–H and O–H groups in total. The zero-order valence-corrected chi connectivity index (χ0v) is 15.3. The second kappa shape index (κ2) is 7.94. The van der Waals surface area contributed by atoms with Crippen molar-refractivity contribution in [1.82, 2.24) is 24.5 Å². The van der Waals surface area contributed by atoms with Gasteiger partial charge in [-0.25, -0.2) is 14.1 Å². The molecule has 0 atom stereocenters. The molecule has 3 rings (SSSR count). The molecule has 0 radical (unpaired) electrons. The van der Waals surface area contributed by atoms with Gasteiger partial charge in [-0.15, -0.1) is 5.10 Å². The highest BCUT2D eigenvalue weighted by atomic mass is 19.1. The number of anilines is 1. The van der Waals surface area contributed by atoms with E-state index in [4.69, 9.17) is 0 Å². The highest BCUT2D eigenvalue weighted by molar-refractivity contribution is 5.88. The van der Waals surface area contributed by atoms with E-state index >= 15 is 0 Å². The molecule has 0 saturated heterocycles. The second-order valence-corrected chi connectivity index (χ2v) is 6.19. The first-order valence-electron chi connectivity index (χ1n) is 8.45. The van der Waals surface area contributed by atoms with Gasteiger partial charge in [0.15, 0.2) is 0 Å². The van der Waals surface area contributed by atoms with Crippen molar-refractivity contribution in [3.63, 3.8) is 0 Å². The quantitative estimate of drug-likeness (QED) is 0.490. The molecule has 1 amide bonds. The van der Waals surface area contributed by atoms with E-state index in [0.29, 0.717) is 17.9 Å². The molecule has 0 fully saturated rings. The van der Waals surface area contributed by atoms with Crippen LogP contribution in [-0.2, 0) is 17.9 Å². The molecule has 28 heavy (non-hydrogen) atoms. The summed E-state index contributed by atoms with van der Waals surface area (Å²) in [5.41, 5.74) is 1.51. The number of aryl methyl sites for hydroxylation is 2. The van der Waals surface area contributed by atoms with Gasteiger partial charge in [0.05, 0.1) is 18.0 Å². The first kappa shape index (κ1) is 19.1. The van der Waals surface area contributed by atoms with E-state index in [2.05, 4.69) is 20.5 Å². The number of rotatable bonds is 7. The van der Waals surface area contributed by atoms with Crippen LogP contribution in [0, 0.1) is 29.8 Å². The van der Waals surface area contributed by atoms with Crippen molar-refractivity contribution in [3.05, 3.63) is 63.5 Å². The van der Waals surface area contributed by atoms with E-state index < -0.39 is 4.92 Å². The number of hydrogen-bond donors (Lipinski definition) is 1. The summed E-state index contributed by atoms with van der Waals surface area (Å²) in [6.07, 6.45) is 1.52. The Labute approximate surface area is 159 Å². The van der Waals surface area contributed by atoms with E-state index in [1.165, 1.54) is 27.8 Å². The summed E-state index contributed by atoms with van der Waals surface area (Å²) < 4.78 is 15.9. The number of nitrogens with one attached hydrogen (secondary N) is 1. The third-order valence-corrected chi connectivity index (χ3v) is 4.12. The SMILES string of the molecule is Cc1nn(CCC(=O)Nc2ncn(Cc3ccc(F)cc3)n2)c(C)c1[N+](=O)[O-]. The van der Waals surface area contributed by atoms with E-state index in [9.17, 15) is 19.3 Å². The van der Waals surface area contributed by atoms with E-state index in [0.717, 1.165) is 5.56 Å². The minimum Gasteiger partial charge on any atom is -0.293 e. The lowest BCUT2D eigenvalue weighted by atomic mass is 10.2. The summed E-state index contributed by atoms with van der Waals surface area (Å²) in [6, 6.07) is 6.00. The average molecular weight is 387 g/mol. The van der Waals surface area contributed by atoms with Gasteiger partial charge >= 0.3 is 5.69 Å². The maximum Gasteiger partial charge on any atom is 0.312 e. The number of aromatic nitrogens is 5. The summed E-state index contributed by atoms with van der Waals surface area (Å²) in [6.45, 7) is 3.73. The van der Waals surface area contributed by atoms with Crippen LogP contribution in [0.1, 0.15) is 23.4 Å². The lowest BCUT2D eigenvalue weighted by Crippen LogP contribution is -2.16. The molecule has 0 aliphatic heterocycles. The second-order valence-electron chi connectivity index (χ2n) is 6.19. The molecule has 146 valence electrons. The molecule has 3 aromatic rings. The summed E-state index contributed by atoms with van der Waals surface area (Å²) in [5.74, 6) is -0.510. The van der Waals surface area contributed by atoms with Crippen LogP contribution in [0.3, 0.4) is 0 Å². The van der Waals surface area contributed by atoms with Crippen molar-refractivity contribution >= 4 is 17.5 Å². The van der Waals surface area contributed by atoms with Gasteiger partial charge in [0, 0.05) is 6.42 Å². The first-order chi connectivity index (χ1) is 13.3. The van der Waals surface area contributed by atoms with Crippen molar-refractivity contribution in [3.8, 4) is 0 Å². The Kier molecular flexibility index (Phi) is 5.43. The Morgan fingerprint density at radius 1 is 1.25 bits per heavy atom. The van der Waals surface area contributed by atoms with E-state index in [1.54, 1.807) is 26.0 Å². The molecular formula is C17H18FN7O3. The third kappa shape index (κ3) is 4.37. The number of carbonyl (C=O) groups is 1. The van der Waals surface area contributed by atoms with Crippen molar-refractivity contribution in [2.75, 3.05) is 5.32 Å². The van der Waals surface area contributed by atoms with Gasteiger partial charge in [0.1, 0.15) is 23.5 Å². The number of nitrogens with zero attached hydrogens (tertiary/aromatic N) is 6. The molecule has 0 unspecified atom stereocenters. The molecule has 0 bridgehead atoms. The summed E-state index contributed by atoms with van der Waals surface area (Å²) in [7, 11) is 0. The molecule has 11 heteroatoms. The Morgan fingerprint density at radius 3 is 2.61 bits per heavy atom. The van der Waals surface area contributed by atoms with Crippen molar-refractivity contribution in [2.45, 2.75) is 33.4 Å². The minimum absolute atomic E-state index is 0.0402. The number of nitro groups is 1. The van der Waals surface area contributed by atoms with Gasteiger partial charge < -0.3 is 0 Å². The van der Waals surface area contributed by atoms with Crippen LogP contribution in [0.5, 0.6) is 0 Å². The number of carbonyl (C=O) groups excluding carboxylic acids is 1. The lowest BCUT2D eigenvalue weighted by Gasteiger charge is -2.04. The van der Waals surface area contributed by atoms with Gasteiger partial charge in [-0.3, -0.25) is 24.9 Å². The molecule has 0 saturated carbocycles. The Balaban J connectivity index is 1.56. The van der Waals surface area contributed by atoms with Crippen LogP contribution in [0.25, 0.3) is 0 Å².